The van der Waals surface area contributed by atoms with Crippen molar-refractivity contribution in [3.63, 3.8) is 0 Å². The predicted molar refractivity (Wildman–Crippen MR) is 57.3 cm³/mol. The minimum atomic E-state index is 0.145. The molecule has 0 bridgehead atoms. The molecule has 0 saturated carbocycles. The van der Waals surface area contributed by atoms with E-state index in [-0.39, 0.29) is 5.41 Å². The Bertz CT molecular complexity index is 228. The molecule has 2 heteroatoms. The van der Waals surface area contributed by atoms with E-state index in [2.05, 4.69) is 44.3 Å². The predicted octanol–water partition coefficient (Wildman–Crippen LogP) is 1.79. The number of allylic oxidation sites excluding steroid dienone is 3. The van der Waals surface area contributed by atoms with Gasteiger partial charge in [0.15, 0.2) is 0 Å². The molecule has 0 spiro atoms. The maximum absolute atomic E-state index is 5.72. The summed E-state index contributed by atoms with van der Waals surface area (Å²) in [5.41, 5.74) is 7.17. The zero-order valence-corrected chi connectivity index (χ0v) is 8.80. The van der Waals surface area contributed by atoms with Crippen LogP contribution in [0.1, 0.15) is 27.2 Å². The topological polar surface area (TPSA) is 38.0 Å². The van der Waals surface area contributed by atoms with E-state index in [1.807, 2.05) is 0 Å². The summed E-state index contributed by atoms with van der Waals surface area (Å²) in [6.07, 6.45) is 7.45. The molecule has 1 aliphatic rings. The molecule has 0 aromatic rings. The van der Waals surface area contributed by atoms with Crippen LogP contribution in [0.25, 0.3) is 0 Å². The lowest BCUT2D eigenvalue weighted by Crippen LogP contribution is -2.32. The quantitative estimate of drug-likeness (QED) is 0.695. The summed E-state index contributed by atoms with van der Waals surface area (Å²) in [7, 11) is 0. The molecule has 2 nitrogen and oxygen atoms in total. The highest BCUT2D eigenvalue weighted by Crippen LogP contribution is 2.28. The lowest BCUT2D eigenvalue weighted by Gasteiger charge is -2.29. The van der Waals surface area contributed by atoms with Crippen molar-refractivity contribution in [2.45, 2.75) is 33.2 Å². The molecule has 0 radical (unpaired) electrons. The van der Waals surface area contributed by atoms with Gasteiger partial charge in [0.2, 0.25) is 0 Å². The first-order chi connectivity index (χ1) is 6.06. The molecule has 74 valence electrons. The Morgan fingerprint density at radius 3 is 2.85 bits per heavy atom. The van der Waals surface area contributed by atoms with Gasteiger partial charge in [-0.15, -0.1) is 0 Å². The third-order valence-electron chi connectivity index (χ3n) is 2.33. The van der Waals surface area contributed by atoms with Crippen LogP contribution >= 0.6 is 0 Å². The first-order valence-corrected chi connectivity index (χ1v) is 4.91. The van der Waals surface area contributed by atoms with E-state index in [1.165, 1.54) is 5.70 Å². The van der Waals surface area contributed by atoms with E-state index in [0.717, 1.165) is 6.42 Å². The molecule has 13 heavy (non-hydrogen) atoms. The Morgan fingerprint density at radius 1 is 1.62 bits per heavy atom. The van der Waals surface area contributed by atoms with Crippen molar-refractivity contribution < 1.29 is 0 Å². The van der Waals surface area contributed by atoms with Gasteiger partial charge >= 0.3 is 0 Å². The zero-order valence-electron chi connectivity index (χ0n) is 8.80. The van der Waals surface area contributed by atoms with Crippen molar-refractivity contribution in [3.8, 4) is 0 Å². The molecule has 0 saturated heterocycles. The smallest absolute Gasteiger partial charge is 0.0201 e. The van der Waals surface area contributed by atoms with Gasteiger partial charge in [0.1, 0.15) is 0 Å². The second kappa shape index (κ2) is 3.97. The molecule has 1 aliphatic carbocycles. The minimum absolute atomic E-state index is 0.145. The van der Waals surface area contributed by atoms with E-state index in [0.29, 0.717) is 12.6 Å². The highest BCUT2D eigenvalue weighted by molar-refractivity contribution is 5.22. The van der Waals surface area contributed by atoms with Gasteiger partial charge in [-0.2, -0.15) is 0 Å². The Labute approximate surface area is 80.9 Å². The first-order valence-electron chi connectivity index (χ1n) is 4.91. The molecule has 0 amide bonds. The van der Waals surface area contributed by atoms with E-state index >= 15 is 0 Å². The van der Waals surface area contributed by atoms with Crippen LogP contribution in [-0.2, 0) is 0 Å². The van der Waals surface area contributed by atoms with Crippen molar-refractivity contribution in [3.05, 3.63) is 23.9 Å². The van der Waals surface area contributed by atoms with Gasteiger partial charge in [0, 0.05) is 23.7 Å². The summed E-state index contributed by atoms with van der Waals surface area (Å²) in [6, 6.07) is 0.500. The maximum atomic E-state index is 5.72. The lowest BCUT2D eigenvalue weighted by molar-refractivity contribution is 0.412. The van der Waals surface area contributed by atoms with Crippen LogP contribution < -0.4 is 11.1 Å². The molecular weight excluding hydrogens is 160 g/mol. The summed E-state index contributed by atoms with van der Waals surface area (Å²) in [4.78, 5) is 0. The van der Waals surface area contributed by atoms with Crippen LogP contribution in [0.5, 0.6) is 0 Å². The van der Waals surface area contributed by atoms with Gasteiger partial charge in [0.25, 0.3) is 0 Å². The standard InChI is InChI=1S/C11H20N2/c1-9(2)13-10-5-4-6-11(3,7-10)8-12/h4-6,9,13H,7-8,12H2,1-3H3. The van der Waals surface area contributed by atoms with Crippen molar-refractivity contribution >= 4 is 0 Å². The Balaban J connectivity index is 2.61. The van der Waals surface area contributed by atoms with Crippen molar-refractivity contribution in [2.24, 2.45) is 11.1 Å². The van der Waals surface area contributed by atoms with Crippen molar-refractivity contribution in [1.29, 1.82) is 0 Å². The maximum Gasteiger partial charge on any atom is 0.0201 e. The molecule has 0 aliphatic heterocycles. The minimum Gasteiger partial charge on any atom is -0.386 e. The van der Waals surface area contributed by atoms with Gasteiger partial charge in [-0.25, -0.2) is 0 Å². The van der Waals surface area contributed by atoms with Crippen LogP contribution in [0.2, 0.25) is 0 Å². The second-order valence-electron chi connectivity index (χ2n) is 4.38. The highest BCUT2D eigenvalue weighted by Gasteiger charge is 2.22. The third kappa shape index (κ3) is 2.88. The van der Waals surface area contributed by atoms with Gasteiger partial charge in [-0.05, 0) is 26.3 Å². The number of nitrogens with one attached hydrogen (secondary N) is 1. The molecule has 1 unspecified atom stereocenters. The summed E-state index contributed by atoms with van der Waals surface area (Å²) < 4.78 is 0. The van der Waals surface area contributed by atoms with Crippen molar-refractivity contribution in [2.75, 3.05) is 6.54 Å². The van der Waals surface area contributed by atoms with Crippen LogP contribution in [0.15, 0.2) is 23.9 Å². The summed E-state index contributed by atoms with van der Waals surface area (Å²) in [5, 5.41) is 3.43. The van der Waals surface area contributed by atoms with Crippen LogP contribution in [-0.4, -0.2) is 12.6 Å². The summed E-state index contributed by atoms with van der Waals surface area (Å²) >= 11 is 0. The fourth-order valence-electron chi connectivity index (χ4n) is 1.56. The number of hydrogen-bond acceptors (Lipinski definition) is 2. The lowest BCUT2D eigenvalue weighted by atomic mass is 9.82. The molecule has 3 N–H and O–H groups in total. The number of rotatable bonds is 3. The average molecular weight is 180 g/mol. The first kappa shape index (κ1) is 10.3. The summed E-state index contributed by atoms with van der Waals surface area (Å²) in [6.45, 7) is 7.21. The van der Waals surface area contributed by atoms with Crippen LogP contribution in [0.4, 0.5) is 0 Å². The Morgan fingerprint density at radius 2 is 2.31 bits per heavy atom. The van der Waals surface area contributed by atoms with E-state index in [4.69, 9.17) is 5.73 Å². The number of hydrogen-bond donors (Lipinski definition) is 2. The molecule has 0 heterocycles. The number of nitrogens with two attached hydrogens (primary N) is 1. The molecule has 0 aromatic heterocycles. The molecule has 1 atom stereocenters. The fourth-order valence-corrected chi connectivity index (χ4v) is 1.56. The summed E-state index contributed by atoms with van der Waals surface area (Å²) in [5.74, 6) is 0. The van der Waals surface area contributed by atoms with Crippen LogP contribution in [0, 0.1) is 5.41 Å². The molecule has 1 rings (SSSR count). The van der Waals surface area contributed by atoms with E-state index in [1.54, 1.807) is 0 Å². The fraction of sp³-hybridized carbons (Fsp3) is 0.636. The molecule has 0 aromatic carbocycles. The molecule has 0 fully saturated rings. The largest absolute Gasteiger partial charge is 0.386 e. The SMILES string of the molecule is CC(C)NC1=CC=CC(C)(CN)C1. The zero-order chi connectivity index (χ0) is 9.90. The average Bonchev–Trinajstić information content (AvgIpc) is 2.03. The van der Waals surface area contributed by atoms with E-state index < -0.39 is 0 Å². The monoisotopic (exact) mass is 180 g/mol. The van der Waals surface area contributed by atoms with Gasteiger partial charge in [-0.3, -0.25) is 0 Å². The van der Waals surface area contributed by atoms with Gasteiger partial charge < -0.3 is 11.1 Å². The normalized spacial score (nSPS) is 27.6. The van der Waals surface area contributed by atoms with Gasteiger partial charge in [-0.1, -0.05) is 19.1 Å². The van der Waals surface area contributed by atoms with Crippen LogP contribution in [0.3, 0.4) is 0 Å². The molecular formula is C11H20N2. The second-order valence-corrected chi connectivity index (χ2v) is 4.38. The van der Waals surface area contributed by atoms with Gasteiger partial charge in [0.05, 0.1) is 0 Å². The Hall–Kier alpha value is -0.760. The third-order valence-corrected chi connectivity index (χ3v) is 2.33. The Kier molecular flexibility index (Phi) is 3.15. The highest BCUT2D eigenvalue weighted by atomic mass is 14.9. The van der Waals surface area contributed by atoms with Crippen molar-refractivity contribution in [1.82, 2.24) is 5.32 Å². The van der Waals surface area contributed by atoms with E-state index in [9.17, 15) is 0 Å².